The zero-order valence-electron chi connectivity index (χ0n) is 16.4. The van der Waals surface area contributed by atoms with Crippen LogP contribution in [0.3, 0.4) is 0 Å². The number of aliphatic hydroxyl groups excluding tert-OH is 1. The van der Waals surface area contributed by atoms with Crippen LogP contribution in [0.4, 0.5) is 0 Å². The summed E-state index contributed by atoms with van der Waals surface area (Å²) >= 11 is 0. The number of rotatable bonds is 6. The fourth-order valence-electron chi connectivity index (χ4n) is 4.10. The van der Waals surface area contributed by atoms with Crippen molar-refractivity contribution >= 4 is 11.0 Å². The van der Waals surface area contributed by atoms with Crippen molar-refractivity contribution in [2.24, 2.45) is 0 Å². The quantitative estimate of drug-likeness (QED) is 0.691. The van der Waals surface area contributed by atoms with Crippen LogP contribution in [0.15, 0.2) is 36.4 Å². The first kappa shape index (κ1) is 18.1. The lowest BCUT2D eigenvalue weighted by atomic mass is 9.85. The number of fused-ring (bicyclic) bond motifs is 1. The van der Waals surface area contributed by atoms with E-state index in [0.717, 1.165) is 33.7 Å². The summed E-state index contributed by atoms with van der Waals surface area (Å²) in [5.74, 6) is 2.52. The van der Waals surface area contributed by atoms with Crippen LogP contribution in [0.25, 0.3) is 11.0 Å². The molecule has 0 spiro atoms. The van der Waals surface area contributed by atoms with Gasteiger partial charge in [0.25, 0.3) is 0 Å². The Labute approximate surface area is 160 Å². The molecule has 142 valence electrons. The van der Waals surface area contributed by atoms with E-state index >= 15 is 0 Å². The van der Waals surface area contributed by atoms with E-state index in [1.165, 1.54) is 24.8 Å². The van der Waals surface area contributed by atoms with Crippen LogP contribution in [0, 0.1) is 20.8 Å². The van der Waals surface area contributed by atoms with Gasteiger partial charge in [-0.3, -0.25) is 0 Å². The molecule has 4 rings (SSSR count). The first-order valence-corrected chi connectivity index (χ1v) is 9.87. The second-order valence-corrected chi connectivity index (χ2v) is 7.89. The minimum atomic E-state index is -0.582. The number of aliphatic hydroxyl groups is 1. The van der Waals surface area contributed by atoms with Gasteiger partial charge in [0.15, 0.2) is 0 Å². The van der Waals surface area contributed by atoms with E-state index in [9.17, 15) is 5.11 Å². The van der Waals surface area contributed by atoms with Crippen LogP contribution in [-0.2, 0) is 6.54 Å². The summed E-state index contributed by atoms with van der Waals surface area (Å²) in [4.78, 5) is 4.85. The van der Waals surface area contributed by atoms with Crippen molar-refractivity contribution in [3.8, 4) is 5.75 Å². The number of benzene rings is 2. The third kappa shape index (κ3) is 3.59. The zero-order chi connectivity index (χ0) is 19.0. The second-order valence-electron chi connectivity index (χ2n) is 7.89. The SMILES string of the molecule is Cc1cc(C)c(OCC(O)Cn2c(C3CCC3)nc3ccccc32)c(C)c1. The Morgan fingerprint density at radius 3 is 2.52 bits per heavy atom. The summed E-state index contributed by atoms with van der Waals surface area (Å²) in [6, 6.07) is 12.4. The van der Waals surface area contributed by atoms with Gasteiger partial charge in [-0.2, -0.15) is 0 Å². The molecule has 1 heterocycles. The molecule has 4 heteroatoms. The Hall–Kier alpha value is -2.33. The van der Waals surface area contributed by atoms with E-state index in [1.807, 2.05) is 12.1 Å². The Bertz CT molecular complexity index is 933. The largest absolute Gasteiger partial charge is 0.490 e. The van der Waals surface area contributed by atoms with Crippen LogP contribution < -0.4 is 4.74 Å². The van der Waals surface area contributed by atoms with E-state index in [1.54, 1.807) is 0 Å². The van der Waals surface area contributed by atoms with Crippen molar-refractivity contribution in [2.45, 2.75) is 58.6 Å². The van der Waals surface area contributed by atoms with Gasteiger partial charge in [-0.25, -0.2) is 4.98 Å². The van der Waals surface area contributed by atoms with Gasteiger partial charge in [0.05, 0.1) is 17.6 Å². The molecular weight excluding hydrogens is 336 g/mol. The van der Waals surface area contributed by atoms with Crippen LogP contribution in [0.2, 0.25) is 0 Å². The Kier molecular flexibility index (Phi) is 4.92. The van der Waals surface area contributed by atoms with Gasteiger partial charge >= 0.3 is 0 Å². The van der Waals surface area contributed by atoms with E-state index in [0.29, 0.717) is 12.5 Å². The molecule has 4 nitrogen and oxygen atoms in total. The first-order chi connectivity index (χ1) is 13.0. The van der Waals surface area contributed by atoms with Gasteiger partial charge in [-0.1, -0.05) is 36.2 Å². The highest BCUT2D eigenvalue weighted by Gasteiger charge is 2.26. The standard InChI is InChI=1S/C23H28N2O2/c1-15-11-16(2)22(17(3)12-15)27-14-19(26)13-25-21-10-5-4-9-20(21)24-23(25)18-7-6-8-18/h4-5,9-12,18-19,26H,6-8,13-14H2,1-3H3. The number of hydrogen-bond acceptors (Lipinski definition) is 3. The average molecular weight is 364 g/mol. The summed E-state index contributed by atoms with van der Waals surface area (Å²) in [5, 5.41) is 10.7. The van der Waals surface area contributed by atoms with Crippen molar-refractivity contribution in [1.82, 2.24) is 9.55 Å². The number of aryl methyl sites for hydroxylation is 3. The number of nitrogens with zero attached hydrogens (tertiary/aromatic N) is 2. The third-order valence-electron chi connectivity index (χ3n) is 5.57. The maximum absolute atomic E-state index is 10.7. The van der Waals surface area contributed by atoms with Gasteiger partial charge in [0.1, 0.15) is 24.3 Å². The molecule has 0 bridgehead atoms. The van der Waals surface area contributed by atoms with Gasteiger partial charge < -0.3 is 14.4 Å². The van der Waals surface area contributed by atoms with Gasteiger partial charge in [0.2, 0.25) is 0 Å². The van der Waals surface area contributed by atoms with Crippen LogP contribution >= 0.6 is 0 Å². The maximum Gasteiger partial charge on any atom is 0.125 e. The molecule has 1 unspecified atom stereocenters. The van der Waals surface area contributed by atoms with Gasteiger partial charge in [0, 0.05) is 5.92 Å². The minimum Gasteiger partial charge on any atom is -0.490 e. The fraction of sp³-hybridized carbons (Fsp3) is 0.435. The summed E-state index contributed by atoms with van der Waals surface area (Å²) in [7, 11) is 0. The summed E-state index contributed by atoms with van der Waals surface area (Å²) < 4.78 is 8.20. The van der Waals surface area contributed by atoms with E-state index in [-0.39, 0.29) is 6.61 Å². The molecule has 1 saturated carbocycles. The molecule has 0 radical (unpaired) electrons. The van der Waals surface area contributed by atoms with Gasteiger partial charge in [-0.15, -0.1) is 0 Å². The topological polar surface area (TPSA) is 47.3 Å². The van der Waals surface area contributed by atoms with Crippen molar-refractivity contribution in [2.75, 3.05) is 6.61 Å². The number of aromatic nitrogens is 2. The number of imidazole rings is 1. The monoisotopic (exact) mass is 364 g/mol. The third-order valence-corrected chi connectivity index (χ3v) is 5.57. The average Bonchev–Trinajstić information content (AvgIpc) is 2.90. The van der Waals surface area contributed by atoms with Crippen molar-refractivity contribution in [1.29, 1.82) is 0 Å². The zero-order valence-corrected chi connectivity index (χ0v) is 16.4. The normalized spacial score (nSPS) is 15.7. The molecular formula is C23H28N2O2. The highest BCUT2D eigenvalue weighted by atomic mass is 16.5. The van der Waals surface area contributed by atoms with Crippen LogP contribution in [0.5, 0.6) is 5.75 Å². The smallest absolute Gasteiger partial charge is 0.125 e. The lowest BCUT2D eigenvalue weighted by molar-refractivity contribution is 0.0913. The van der Waals surface area contributed by atoms with Gasteiger partial charge in [-0.05, 0) is 56.9 Å². The number of hydrogen-bond donors (Lipinski definition) is 1. The molecule has 0 saturated heterocycles. The molecule has 1 N–H and O–H groups in total. The molecule has 1 fully saturated rings. The Balaban J connectivity index is 1.52. The maximum atomic E-state index is 10.7. The van der Waals surface area contributed by atoms with E-state index < -0.39 is 6.10 Å². The first-order valence-electron chi connectivity index (χ1n) is 9.87. The van der Waals surface area contributed by atoms with Crippen LogP contribution in [-0.4, -0.2) is 27.4 Å². The molecule has 1 aliphatic carbocycles. The predicted molar refractivity (Wildman–Crippen MR) is 108 cm³/mol. The fourth-order valence-corrected chi connectivity index (χ4v) is 4.10. The second kappa shape index (κ2) is 7.35. The molecule has 1 atom stereocenters. The molecule has 0 aliphatic heterocycles. The number of ether oxygens (including phenoxy) is 1. The molecule has 0 amide bonds. The minimum absolute atomic E-state index is 0.279. The van der Waals surface area contributed by atoms with Crippen molar-refractivity contribution < 1.29 is 9.84 Å². The van der Waals surface area contributed by atoms with E-state index in [4.69, 9.17) is 9.72 Å². The molecule has 3 aromatic rings. The van der Waals surface area contributed by atoms with E-state index in [2.05, 4.69) is 49.6 Å². The molecule has 27 heavy (non-hydrogen) atoms. The van der Waals surface area contributed by atoms with Crippen LogP contribution in [0.1, 0.15) is 47.7 Å². The Morgan fingerprint density at radius 1 is 1.15 bits per heavy atom. The lowest BCUT2D eigenvalue weighted by Gasteiger charge is -2.26. The van der Waals surface area contributed by atoms with Crippen molar-refractivity contribution in [3.05, 3.63) is 58.9 Å². The molecule has 2 aromatic carbocycles. The summed E-state index contributed by atoms with van der Waals surface area (Å²) in [5.41, 5.74) is 5.57. The highest BCUT2D eigenvalue weighted by Crippen LogP contribution is 2.37. The summed E-state index contributed by atoms with van der Waals surface area (Å²) in [6.45, 7) is 6.99. The summed E-state index contributed by atoms with van der Waals surface area (Å²) in [6.07, 6.45) is 3.07. The molecule has 1 aliphatic rings. The van der Waals surface area contributed by atoms with Crippen molar-refractivity contribution in [3.63, 3.8) is 0 Å². The lowest BCUT2D eigenvalue weighted by Crippen LogP contribution is -2.26. The number of para-hydroxylation sites is 2. The highest BCUT2D eigenvalue weighted by molar-refractivity contribution is 5.76. The predicted octanol–water partition coefficient (Wildman–Crippen LogP) is 4.67. The molecule has 1 aromatic heterocycles. The Morgan fingerprint density at radius 2 is 1.85 bits per heavy atom.